The molecule has 0 radical (unpaired) electrons. The molecule has 0 atom stereocenters. The van der Waals surface area contributed by atoms with Crippen molar-refractivity contribution in [2.24, 2.45) is 0 Å². The van der Waals surface area contributed by atoms with Crippen LogP contribution in [-0.4, -0.2) is 27.0 Å². The predicted octanol–water partition coefficient (Wildman–Crippen LogP) is 2.83. The van der Waals surface area contributed by atoms with Gasteiger partial charge in [-0.2, -0.15) is 15.0 Å². The van der Waals surface area contributed by atoms with E-state index < -0.39 is 0 Å². The smallest absolute Gasteiger partial charge is 0.321 e. The van der Waals surface area contributed by atoms with Crippen LogP contribution < -0.4 is 4.74 Å². The fraction of sp³-hybridized carbons (Fsp3) is 0.0909. The normalized spacial score (nSPS) is 10.8. The molecular formula is C11H7ClN4O2S. The summed E-state index contributed by atoms with van der Waals surface area (Å²) in [6.07, 6.45) is 0. The van der Waals surface area contributed by atoms with Crippen molar-refractivity contribution in [1.82, 2.24) is 19.9 Å². The molecule has 8 heteroatoms. The molecule has 6 nitrogen and oxygen atoms in total. The number of ether oxygens (including phenoxy) is 1. The third-order valence-corrected chi connectivity index (χ3v) is 3.09. The van der Waals surface area contributed by atoms with Crippen LogP contribution in [0.2, 0.25) is 5.28 Å². The lowest BCUT2D eigenvalue weighted by atomic mass is 10.3. The van der Waals surface area contributed by atoms with Crippen LogP contribution in [0.4, 0.5) is 0 Å². The highest BCUT2D eigenvalue weighted by atomic mass is 35.5. The van der Waals surface area contributed by atoms with E-state index >= 15 is 0 Å². The van der Waals surface area contributed by atoms with E-state index in [0.717, 1.165) is 17.3 Å². The zero-order valence-electron chi connectivity index (χ0n) is 9.70. The van der Waals surface area contributed by atoms with Gasteiger partial charge in [-0.3, -0.25) is 0 Å². The Morgan fingerprint density at radius 1 is 1.16 bits per heavy atom. The molecule has 0 fully saturated rings. The number of fused-ring (bicyclic) bond motifs is 1. The highest BCUT2D eigenvalue weighted by Crippen LogP contribution is 2.28. The topological polar surface area (TPSA) is 73.9 Å². The largest absolute Gasteiger partial charge is 0.467 e. The van der Waals surface area contributed by atoms with E-state index in [9.17, 15) is 0 Å². The monoisotopic (exact) mass is 294 g/mol. The number of hydrogen-bond donors (Lipinski definition) is 0. The van der Waals surface area contributed by atoms with Crippen LogP contribution in [-0.2, 0) is 0 Å². The summed E-state index contributed by atoms with van der Waals surface area (Å²) < 4.78 is 10.5. The predicted molar refractivity (Wildman–Crippen MR) is 69.5 cm³/mol. The molecule has 0 amide bonds. The summed E-state index contributed by atoms with van der Waals surface area (Å²) in [6, 6.07) is 7.63. The first-order valence-corrected chi connectivity index (χ1v) is 6.43. The summed E-state index contributed by atoms with van der Waals surface area (Å²) in [6.45, 7) is 0. The van der Waals surface area contributed by atoms with Crippen LogP contribution in [0.15, 0.2) is 39.1 Å². The molecule has 96 valence electrons. The van der Waals surface area contributed by atoms with E-state index in [1.807, 2.05) is 24.3 Å². The van der Waals surface area contributed by atoms with Gasteiger partial charge in [0.15, 0.2) is 5.58 Å². The van der Waals surface area contributed by atoms with Crippen molar-refractivity contribution in [3.63, 3.8) is 0 Å². The van der Waals surface area contributed by atoms with Gasteiger partial charge in [0.2, 0.25) is 10.4 Å². The van der Waals surface area contributed by atoms with E-state index in [-0.39, 0.29) is 11.3 Å². The van der Waals surface area contributed by atoms with Gasteiger partial charge in [0.1, 0.15) is 5.52 Å². The van der Waals surface area contributed by atoms with Crippen LogP contribution in [0.3, 0.4) is 0 Å². The standard InChI is InChI=1S/C11H7ClN4O2S/c1-17-9-14-8(12)15-10(16-9)19-11-13-6-4-2-3-5-7(6)18-11/h2-5H,1H3. The molecule has 0 unspecified atom stereocenters. The van der Waals surface area contributed by atoms with Crippen molar-refractivity contribution < 1.29 is 9.15 Å². The minimum Gasteiger partial charge on any atom is -0.467 e. The molecule has 0 aliphatic rings. The van der Waals surface area contributed by atoms with Crippen LogP contribution in [0, 0.1) is 0 Å². The van der Waals surface area contributed by atoms with Gasteiger partial charge in [-0.25, -0.2) is 4.98 Å². The summed E-state index contributed by atoms with van der Waals surface area (Å²) in [5, 5.41) is 0.861. The maximum absolute atomic E-state index is 5.77. The van der Waals surface area contributed by atoms with Crippen LogP contribution in [0.5, 0.6) is 6.01 Å². The van der Waals surface area contributed by atoms with E-state index in [1.165, 1.54) is 7.11 Å². The first kappa shape index (κ1) is 12.2. The zero-order chi connectivity index (χ0) is 13.2. The van der Waals surface area contributed by atoms with Crippen LogP contribution in [0.1, 0.15) is 0 Å². The van der Waals surface area contributed by atoms with Gasteiger partial charge in [-0.15, -0.1) is 0 Å². The lowest BCUT2D eigenvalue weighted by Gasteiger charge is -1.99. The SMILES string of the molecule is COc1nc(Cl)nc(Sc2nc3ccccc3o2)n1. The fourth-order valence-corrected chi connectivity index (χ4v) is 2.31. The molecule has 2 heterocycles. The molecule has 0 saturated carbocycles. The highest BCUT2D eigenvalue weighted by Gasteiger charge is 2.11. The van der Waals surface area contributed by atoms with Gasteiger partial charge in [-0.05, 0) is 23.7 Å². The fourth-order valence-electron chi connectivity index (χ4n) is 1.42. The summed E-state index contributed by atoms with van der Waals surface area (Å²) >= 11 is 6.92. The summed E-state index contributed by atoms with van der Waals surface area (Å²) in [4.78, 5) is 16.1. The molecule has 0 saturated heterocycles. The second-order valence-corrected chi connectivity index (χ2v) is 4.68. The average molecular weight is 295 g/mol. The Morgan fingerprint density at radius 3 is 2.79 bits per heavy atom. The molecule has 3 aromatic rings. The molecular weight excluding hydrogens is 288 g/mol. The lowest BCUT2D eigenvalue weighted by molar-refractivity contribution is 0.372. The molecule has 2 aromatic heterocycles. The number of oxazole rings is 1. The molecule has 3 rings (SSSR count). The first-order valence-electron chi connectivity index (χ1n) is 5.23. The summed E-state index contributed by atoms with van der Waals surface area (Å²) in [5.74, 6) is 0. The number of aromatic nitrogens is 4. The van der Waals surface area contributed by atoms with Crippen molar-refractivity contribution >= 4 is 34.5 Å². The lowest BCUT2D eigenvalue weighted by Crippen LogP contribution is -1.96. The van der Waals surface area contributed by atoms with Gasteiger partial charge in [0, 0.05) is 11.8 Å². The summed E-state index contributed by atoms with van der Waals surface area (Å²) in [7, 11) is 1.46. The molecule has 0 bridgehead atoms. The zero-order valence-corrected chi connectivity index (χ0v) is 11.3. The van der Waals surface area contributed by atoms with Gasteiger partial charge >= 0.3 is 6.01 Å². The Bertz CT molecular complexity index is 701. The van der Waals surface area contributed by atoms with Crippen molar-refractivity contribution in [2.45, 2.75) is 10.4 Å². The van der Waals surface area contributed by atoms with Crippen molar-refractivity contribution in [2.75, 3.05) is 7.11 Å². The number of benzene rings is 1. The Kier molecular flexibility index (Phi) is 3.22. The van der Waals surface area contributed by atoms with E-state index in [2.05, 4.69) is 19.9 Å². The van der Waals surface area contributed by atoms with Gasteiger partial charge in [0.25, 0.3) is 5.22 Å². The Balaban J connectivity index is 1.94. The summed E-state index contributed by atoms with van der Waals surface area (Å²) in [5.41, 5.74) is 1.48. The molecule has 0 aliphatic heterocycles. The minimum atomic E-state index is 0.0606. The van der Waals surface area contributed by atoms with E-state index in [0.29, 0.717) is 16.0 Å². The highest BCUT2D eigenvalue weighted by molar-refractivity contribution is 7.98. The van der Waals surface area contributed by atoms with Crippen molar-refractivity contribution in [3.8, 4) is 6.01 Å². The number of para-hydroxylation sites is 2. The quantitative estimate of drug-likeness (QED) is 0.735. The number of halogens is 1. The maximum atomic E-state index is 5.77. The third-order valence-electron chi connectivity index (χ3n) is 2.20. The number of rotatable bonds is 3. The van der Waals surface area contributed by atoms with Gasteiger partial charge < -0.3 is 9.15 Å². The van der Waals surface area contributed by atoms with Gasteiger partial charge in [-0.1, -0.05) is 12.1 Å². The number of nitrogens with zero attached hydrogens (tertiary/aromatic N) is 4. The van der Waals surface area contributed by atoms with Crippen molar-refractivity contribution in [3.05, 3.63) is 29.5 Å². The maximum Gasteiger partial charge on any atom is 0.321 e. The minimum absolute atomic E-state index is 0.0606. The number of hydrogen-bond acceptors (Lipinski definition) is 7. The average Bonchev–Trinajstić information content (AvgIpc) is 2.80. The van der Waals surface area contributed by atoms with Crippen LogP contribution >= 0.6 is 23.4 Å². The molecule has 0 N–H and O–H groups in total. The Morgan fingerprint density at radius 2 is 2.00 bits per heavy atom. The Hall–Kier alpha value is -1.86. The van der Waals surface area contributed by atoms with E-state index in [1.54, 1.807) is 0 Å². The third kappa shape index (κ3) is 2.61. The second kappa shape index (κ2) is 5.02. The second-order valence-electron chi connectivity index (χ2n) is 3.42. The molecule has 1 aromatic carbocycles. The number of methoxy groups -OCH3 is 1. The molecule has 0 aliphatic carbocycles. The van der Waals surface area contributed by atoms with E-state index in [4.69, 9.17) is 20.8 Å². The van der Waals surface area contributed by atoms with Crippen LogP contribution in [0.25, 0.3) is 11.1 Å². The van der Waals surface area contributed by atoms with Gasteiger partial charge in [0.05, 0.1) is 7.11 Å². The Labute approximate surface area is 117 Å². The van der Waals surface area contributed by atoms with Crippen molar-refractivity contribution in [1.29, 1.82) is 0 Å². The molecule has 0 spiro atoms. The molecule has 19 heavy (non-hydrogen) atoms. The first-order chi connectivity index (χ1) is 9.24.